The molecular formula is C29H33N5O4. The first kappa shape index (κ1) is 26.7. The first-order valence-corrected chi connectivity index (χ1v) is 12.6. The molecule has 9 heteroatoms. The number of carboxylic acid groups (broad SMARTS) is 1. The fourth-order valence-corrected chi connectivity index (χ4v) is 4.88. The number of nitrogens with two attached hydrogens (primary N) is 1. The van der Waals surface area contributed by atoms with Crippen molar-refractivity contribution in [1.82, 2.24) is 20.5 Å². The van der Waals surface area contributed by atoms with E-state index in [1.54, 1.807) is 26.0 Å². The largest absolute Gasteiger partial charge is 0.465 e. The van der Waals surface area contributed by atoms with Crippen molar-refractivity contribution in [3.05, 3.63) is 83.6 Å². The number of nitrogens with one attached hydrogen (secondary N) is 2. The zero-order valence-corrected chi connectivity index (χ0v) is 21.6. The monoisotopic (exact) mass is 515 g/mol. The van der Waals surface area contributed by atoms with E-state index in [1.165, 1.54) is 4.90 Å². The Balaban J connectivity index is 1.35. The van der Waals surface area contributed by atoms with Crippen LogP contribution in [0.4, 0.5) is 10.6 Å². The molecule has 38 heavy (non-hydrogen) atoms. The van der Waals surface area contributed by atoms with Gasteiger partial charge in [0.15, 0.2) is 0 Å². The maximum absolute atomic E-state index is 13.1. The molecule has 2 aromatic carbocycles. The van der Waals surface area contributed by atoms with Crippen LogP contribution in [0.15, 0.2) is 66.7 Å². The molecule has 198 valence electrons. The van der Waals surface area contributed by atoms with E-state index in [0.29, 0.717) is 24.4 Å². The Morgan fingerprint density at radius 1 is 1.08 bits per heavy atom. The summed E-state index contributed by atoms with van der Waals surface area (Å²) in [5.74, 6) is -0.456. The average molecular weight is 516 g/mol. The Morgan fingerprint density at radius 2 is 1.82 bits per heavy atom. The summed E-state index contributed by atoms with van der Waals surface area (Å²) in [4.78, 5) is 43.0. The Labute approximate surface area is 222 Å². The summed E-state index contributed by atoms with van der Waals surface area (Å²) in [5, 5.41) is 15.2. The lowest BCUT2D eigenvalue weighted by molar-refractivity contribution is -0.130. The Hall–Kier alpha value is -4.40. The number of hydrogen-bond donors (Lipinski definition) is 4. The van der Waals surface area contributed by atoms with E-state index >= 15 is 0 Å². The molecule has 0 saturated carbocycles. The first-order valence-electron chi connectivity index (χ1n) is 12.6. The second kappa shape index (κ2) is 11.8. The highest BCUT2D eigenvalue weighted by Crippen LogP contribution is 2.28. The molecule has 0 bridgehead atoms. The molecule has 1 fully saturated rings. The molecule has 3 aromatic rings. The summed E-state index contributed by atoms with van der Waals surface area (Å²) >= 11 is 0. The molecule has 3 amide bonds. The summed E-state index contributed by atoms with van der Waals surface area (Å²) in [6.07, 6.45) is -0.105. The maximum Gasteiger partial charge on any atom is 0.407 e. The van der Waals surface area contributed by atoms with Crippen LogP contribution >= 0.6 is 0 Å². The number of pyridine rings is 1. The Kier molecular flexibility index (Phi) is 8.25. The van der Waals surface area contributed by atoms with E-state index in [2.05, 4.69) is 21.7 Å². The molecular weight excluding hydrogens is 482 g/mol. The van der Waals surface area contributed by atoms with Crippen LogP contribution in [0.25, 0.3) is 11.1 Å². The van der Waals surface area contributed by atoms with Crippen LogP contribution < -0.4 is 16.4 Å². The minimum atomic E-state index is -1.14. The molecule has 0 spiro atoms. The minimum Gasteiger partial charge on any atom is -0.465 e. The van der Waals surface area contributed by atoms with Gasteiger partial charge in [0, 0.05) is 18.8 Å². The number of nitrogen functional groups attached to an aromatic ring is 1. The van der Waals surface area contributed by atoms with Crippen LogP contribution in [0.2, 0.25) is 0 Å². The van der Waals surface area contributed by atoms with Crippen molar-refractivity contribution < 1.29 is 19.5 Å². The van der Waals surface area contributed by atoms with Gasteiger partial charge in [-0.25, -0.2) is 9.78 Å². The molecule has 1 saturated heterocycles. The quantitative estimate of drug-likeness (QED) is 0.363. The highest BCUT2D eigenvalue weighted by atomic mass is 16.4. The molecule has 0 radical (unpaired) electrons. The lowest BCUT2D eigenvalue weighted by atomic mass is 9.94. The van der Waals surface area contributed by atoms with Crippen LogP contribution in [-0.4, -0.2) is 51.5 Å². The van der Waals surface area contributed by atoms with E-state index < -0.39 is 24.1 Å². The molecule has 9 nitrogen and oxygen atoms in total. The highest BCUT2D eigenvalue weighted by Gasteiger charge is 2.40. The van der Waals surface area contributed by atoms with Crippen molar-refractivity contribution >= 4 is 23.7 Å². The van der Waals surface area contributed by atoms with Crippen molar-refractivity contribution in [1.29, 1.82) is 0 Å². The van der Waals surface area contributed by atoms with Gasteiger partial charge >= 0.3 is 6.09 Å². The van der Waals surface area contributed by atoms with Crippen LogP contribution in [0, 0.1) is 12.8 Å². The van der Waals surface area contributed by atoms with E-state index in [0.717, 1.165) is 22.3 Å². The fourth-order valence-electron chi connectivity index (χ4n) is 4.88. The van der Waals surface area contributed by atoms with Crippen molar-refractivity contribution in [3.8, 4) is 11.1 Å². The SMILES string of the molecule is Cc1nc(N)ccc1CNC(=O)[C@H](C)NC(=O)[C@H]1C[C@H](Cc2cccc(-c3ccccc3)c2)CN1C(=O)O. The Bertz CT molecular complexity index is 1310. The molecule has 1 aliphatic heterocycles. The summed E-state index contributed by atoms with van der Waals surface area (Å²) in [5.41, 5.74) is 10.5. The lowest BCUT2D eigenvalue weighted by Crippen LogP contribution is -2.51. The van der Waals surface area contributed by atoms with Gasteiger partial charge in [0.25, 0.3) is 0 Å². The maximum atomic E-state index is 13.1. The molecule has 0 aliphatic carbocycles. The normalized spacial score (nSPS) is 17.6. The number of aryl methyl sites for hydroxylation is 1. The van der Waals surface area contributed by atoms with Crippen molar-refractivity contribution in [2.75, 3.05) is 12.3 Å². The highest BCUT2D eigenvalue weighted by molar-refractivity contribution is 5.91. The molecule has 1 aromatic heterocycles. The summed E-state index contributed by atoms with van der Waals surface area (Å²) in [6, 6.07) is 20.0. The number of benzene rings is 2. The van der Waals surface area contributed by atoms with E-state index in [-0.39, 0.29) is 24.9 Å². The van der Waals surface area contributed by atoms with Gasteiger partial charge in [-0.3, -0.25) is 14.5 Å². The fraction of sp³-hybridized carbons (Fsp3) is 0.310. The number of nitrogens with zero attached hydrogens (tertiary/aromatic N) is 2. The van der Waals surface area contributed by atoms with Gasteiger partial charge in [0.2, 0.25) is 11.8 Å². The third kappa shape index (κ3) is 6.47. The molecule has 3 atom stereocenters. The molecule has 2 heterocycles. The van der Waals surface area contributed by atoms with E-state index in [4.69, 9.17) is 5.73 Å². The molecule has 4 rings (SSSR count). The van der Waals surface area contributed by atoms with Crippen molar-refractivity contribution in [2.24, 2.45) is 5.92 Å². The minimum absolute atomic E-state index is 0.0157. The second-order valence-electron chi connectivity index (χ2n) is 9.75. The molecule has 5 N–H and O–H groups in total. The smallest absolute Gasteiger partial charge is 0.407 e. The van der Waals surface area contributed by atoms with Crippen LogP contribution in [0.3, 0.4) is 0 Å². The predicted molar refractivity (Wildman–Crippen MR) is 145 cm³/mol. The van der Waals surface area contributed by atoms with Crippen molar-refractivity contribution in [2.45, 2.75) is 45.3 Å². The predicted octanol–water partition coefficient (Wildman–Crippen LogP) is 3.37. The average Bonchev–Trinajstić information content (AvgIpc) is 3.33. The van der Waals surface area contributed by atoms with Crippen LogP contribution in [0.5, 0.6) is 0 Å². The number of hydrogen-bond acceptors (Lipinski definition) is 5. The number of anilines is 1. The van der Waals surface area contributed by atoms with Gasteiger partial charge < -0.3 is 21.5 Å². The second-order valence-corrected chi connectivity index (χ2v) is 9.75. The van der Waals surface area contributed by atoms with Crippen molar-refractivity contribution in [3.63, 3.8) is 0 Å². The number of carbonyl (C=O) groups is 3. The number of amides is 3. The third-order valence-corrected chi connectivity index (χ3v) is 6.92. The number of aromatic nitrogens is 1. The summed E-state index contributed by atoms with van der Waals surface area (Å²) in [7, 11) is 0. The lowest BCUT2D eigenvalue weighted by Gasteiger charge is -2.22. The molecule has 0 unspecified atom stereocenters. The van der Waals surface area contributed by atoms with E-state index in [1.807, 2.05) is 48.5 Å². The van der Waals surface area contributed by atoms with Crippen LogP contribution in [0.1, 0.15) is 30.2 Å². The van der Waals surface area contributed by atoms with Gasteiger partial charge in [0.05, 0.1) is 0 Å². The van der Waals surface area contributed by atoms with Gasteiger partial charge in [-0.15, -0.1) is 0 Å². The number of rotatable bonds is 8. The molecule has 1 aliphatic rings. The standard InChI is InChI=1S/C29H33N5O4/c1-18-24(11-12-26(30)32-18)16-31-27(35)19(2)33-28(36)25-15-21(17-34(25)29(37)38)13-20-7-6-10-23(14-20)22-8-4-3-5-9-22/h3-12,14,19,21,25H,13,15-17H2,1-2H3,(H2,30,32)(H,31,35)(H,33,36)(H,37,38)/t19-,21-,25+/m0/s1. The van der Waals surface area contributed by atoms with Gasteiger partial charge in [-0.1, -0.05) is 60.7 Å². The summed E-state index contributed by atoms with van der Waals surface area (Å²) in [6.45, 7) is 3.88. The third-order valence-electron chi connectivity index (χ3n) is 6.92. The van der Waals surface area contributed by atoms with Crippen LogP contribution in [-0.2, 0) is 22.6 Å². The summed E-state index contributed by atoms with van der Waals surface area (Å²) < 4.78 is 0. The van der Waals surface area contributed by atoms with Gasteiger partial charge in [-0.05, 0) is 60.9 Å². The number of carbonyl (C=O) groups excluding carboxylic acids is 2. The number of likely N-dealkylation sites (tertiary alicyclic amines) is 1. The Morgan fingerprint density at radius 3 is 2.53 bits per heavy atom. The topological polar surface area (TPSA) is 138 Å². The first-order chi connectivity index (χ1) is 18.2. The van der Waals surface area contributed by atoms with E-state index in [9.17, 15) is 19.5 Å². The zero-order valence-electron chi connectivity index (χ0n) is 21.6. The van der Waals surface area contributed by atoms with Gasteiger partial charge in [-0.2, -0.15) is 0 Å². The zero-order chi connectivity index (χ0) is 27.2. The van der Waals surface area contributed by atoms with Gasteiger partial charge in [0.1, 0.15) is 17.9 Å².